The number of nitrogens with two attached hydrogens (primary N) is 1. The minimum Gasteiger partial charge on any atom is -0.497 e. The first-order chi connectivity index (χ1) is 11.1. The Hall–Kier alpha value is -2.05. The normalized spacial score (nSPS) is 16.0. The lowest BCUT2D eigenvalue weighted by molar-refractivity contribution is 0.0892. The Balaban J connectivity index is 0.00000208. The molecule has 1 amide bonds. The molecule has 1 saturated carbocycles. The topological polar surface area (TPSA) is 82.2 Å². The summed E-state index contributed by atoms with van der Waals surface area (Å²) in [6.45, 7) is 2.44. The fourth-order valence-corrected chi connectivity index (χ4v) is 2.69. The molecular formula is C17H23ClN4O2. The molecule has 1 atom stereocenters. The third-order valence-electron chi connectivity index (χ3n) is 4.46. The largest absolute Gasteiger partial charge is 0.497 e. The van der Waals surface area contributed by atoms with Crippen LogP contribution in [0.1, 0.15) is 30.3 Å². The zero-order chi connectivity index (χ0) is 16.4. The molecule has 0 bridgehead atoms. The van der Waals surface area contributed by atoms with E-state index in [0.29, 0.717) is 18.2 Å². The Morgan fingerprint density at radius 2 is 2.04 bits per heavy atom. The first-order valence-electron chi connectivity index (χ1n) is 7.78. The standard InChI is InChI=1S/C17H22N4O2.ClH/c1-17(11-18,12-3-4-12)19-16(22)15-9-10-21(20-15)13-5-7-14(23-2)8-6-13;/h5-10,12H,3-4,11,18H2,1-2H3,(H,19,22);1H. The van der Waals surface area contributed by atoms with E-state index in [4.69, 9.17) is 10.5 Å². The Bertz CT molecular complexity index is 697. The predicted molar refractivity (Wildman–Crippen MR) is 95.0 cm³/mol. The lowest BCUT2D eigenvalue weighted by atomic mass is 9.96. The first-order valence-corrected chi connectivity index (χ1v) is 7.78. The molecule has 1 heterocycles. The summed E-state index contributed by atoms with van der Waals surface area (Å²) < 4.78 is 6.81. The number of nitrogens with zero attached hydrogens (tertiary/aromatic N) is 2. The Labute approximate surface area is 147 Å². The highest BCUT2D eigenvalue weighted by atomic mass is 35.5. The summed E-state index contributed by atoms with van der Waals surface area (Å²) in [4.78, 5) is 12.4. The maximum Gasteiger partial charge on any atom is 0.272 e. The second-order valence-electron chi connectivity index (χ2n) is 6.19. The summed E-state index contributed by atoms with van der Waals surface area (Å²) in [7, 11) is 1.62. The van der Waals surface area contributed by atoms with E-state index >= 15 is 0 Å². The van der Waals surface area contributed by atoms with Gasteiger partial charge in [-0.1, -0.05) is 0 Å². The number of carbonyl (C=O) groups excluding carboxylic acids is 1. The molecule has 1 fully saturated rings. The van der Waals surface area contributed by atoms with Gasteiger partial charge in [0.05, 0.1) is 18.3 Å². The lowest BCUT2D eigenvalue weighted by Gasteiger charge is -2.29. The summed E-state index contributed by atoms with van der Waals surface area (Å²) in [5.41, 5.74) is 6.76. The van der Waals surface area contributed by atoms with E-state index in [1.165, 1.54) is 0 Å². The van der Waals surface area contributed by atoms with Gasteiger partial charge in [0.1, 0.15) is 5.75 Å². The van der Waals surface area contributed by atoms with Crippen LogP contribution in [0.25, 0.3) is 5.69 Å². The maximum absolute atomic E-state index is 12.4. The molecule has 3 N–H and O–H groups in total. The van der Waals surface area contributed by atoms with Crippen molar-refractivity contribution in [2.24, 2.45) is 11.7 Å². The number of methoxy groups -OCH3 is 1. The molecule has 0 spiro atoms. The molecule has 24 heavy (non-hydrogen) atoms. The van der Waals surface area contributed by atoms with Gasteiger partial charge in [0.2, 0.25) is 0 Å². The van der Waals surface area contributed by atoms with Gasteiger partial charge < -0.3 is 15.8 Å². The van der Waals surface area contributed by atoms with Gasteiger partial charge in [0, 0.05) is 12.7 Å². The lowest BCUT2D eigenvalue weighted by Crippen LogP contribution is -2.53. The van der Waals surface area contributed by atoms with E-state index in [9.17, 15) is 4.79 Å². The third-order valence-corrected chi connectivity index (χ3v) is 4.46. The minimum atomic E-state index is -0.346. The molecule has 1 aromatic carbocycles. The second kappa shape index (κ2) is 7.23. The molecule has 2 aromatic rings. The molecule has 3 rings (SSSR count). The van der Waals surface area contributed by atoms with E-state index in [0.717, 1.165) is 24.3 Å². The number of ether oxygens (including phenoxy) is 1. The van der Waals surface area contributed by atoms with Crippen LogP contribution in [-0.2, 0) is 0 Å². The predicted octanol–water partition coefficient (Wildman–Crippen LogP) is 2.16. The number of benzene rings is 1. The van der Waals surface area contributed by atoms with Crippen molar-refractivity contribution in [2.45, 2.75) is 25.3 Å². The summed E-state index contributed by atoms with van der Waals surface area (Å²) >= 11 is 0. The van der Waals surface area contributed by atoms with Crippen LogP contribution in [0.4, 0.5) is 0 Å². The molecule has 6 nitrogen and oxygen atoms in total. The monoisotopic (exact) mass is 350 g/mol. The molecule has 1 aliphatic carbocycles. The Morgan fingerprint density at radius 1 is 1.38 bits per heavy atom. The van der Waals surface area contributed by atoms with Gasteiger partial charge in [-0.2, -0.15) is 5.10 Å². The van der Waals surface area contributed by atoms with Gasteiger partial charge in [0.25, 0.3) is 5.91 Å². The highest BCUT2D eigenvalue weighted by molar-refractivity contribution is 5.92. The highest BCUT2D eigenvalue weighted by Crippen LogP contribution is 2.39. The first kappa shape index (κ1) is 18.3. The summed E-state index contributed by atoms with van der Waals surface area (Å²) in [6, 6.07) is 9.21. The molecule has 0 saturated heterocycles. The van der Waals surface area contributed by atoms with E-state index < -0.39 is 0 Å². The van der Waals surface area contributed by atoms with Crippen LogP contribution in [0.15, 0.2) is 36.5 Å². The molecular weight excluding hydrogens is 328 g/mol. The van der Waals surface area contributed by atoms with Crippen LogP contribution in [0.3, 0.4) is 0 Å². The molecule has 0 aliphatic heterocycles. The van der Waals surface area contributed by atoms with E-state index in [-0.39, 0.29) is 23.9 Å². The number of nitrogens with one attached hydrogen (secondary N) is 1. The van der Waals surface area contributed by atoms with Gasteiger partial charge in [0.15, 0.2) is 5.69 Å². The Kier molecular flexibility index (Phi) is 5.51. The van der Waals surface area contributed by atoms with Crippen molar-refractivity contribution in [2.75, 3.05) is 13.7 Å². The van der Waals surface area contributed by atoms with Crippen LogP contribution in [0, 0.1) is 5.92 Å². The van der Waals surface area contributed by atoms with Crippen molar-refractivity contribution in [3.05, 3.63) is 42.2 Å². The zero-order valence-corrected chi connectivity index (χ0v) is 14.7. The van der Waals surface area contributed by atoms with Gasteiger partial charge in [-0.15, -0.1) is 12.4 Å². The molecule has 1 aliphatic rings. The van der Waals surface area contributed by atoms with Crippen molar-refractivity contribution in [1.82, 2.24) is 15.1 Å². The Morgan fingerprint density at radius 3 is 2.58 bits per heavy atom. The smallest absolute Gasteiger partial charge is 0.272 e. The molecule has 1 aromatic heterocycles. The number of amides is 1. The van der Waals surface area contributed by atoms with Gasteiger partial charge in [-0.05, 0) is 56.0 Å². The van der Waals surface area contributed by atoms with Crippen molar-refractivity contribution < 1.29 is 9.53 Å². The fourth-order valence-electron chi connectivity index (χ4n) is 2.69. The fraction of sp³-hybridized carbons (Fsp3) is 0.412. The van der Waals surface area contributed by atoms with Gasteiger partial charge in [-0.3, -0.25) is 4.79 Å². The zero-order valence-electron chi connectivity index (χ0n) is 13.9. The number of halogens is 1. The van der Waals surface area contributed by atoms with Crippen molar-refractivity contribution in [3.63, 3.8) is 0 Å². The van der Waals surface area contributed by atoms with E-state index in [1.54, 1.807) is 24.1 Å². The summed E-state index contributed by atoms with van der Waals surface area (Å²) in [5.74, 6) is 1.07. The van der Waals surface area contributed by atoms with Gasteiger partial charge in [-0.25, -0.2) is 4.68 Å². The summed E-state index contributed by atoms with van der Waals surface area (Å²) in [5, 5.41) is 7.40. The quantitative estimate of drug-likeness (QED) is 0.836. The number of aromatic nitrogens is 2. The van der Waals surface area contributed by atoms with E-state index in [1.807, 2.05) is 31.2 Å². The van der Waals surface area contributed by atoms with Crippen LogP contribution < -0.4 is 15.8 Å². The number of hydrogen-bond acceptors (Lipinski definition) is 4. The average Bonchev–Trinajstić information content (AvgIpc) is 3.32. The highest BCUT2D eigenvalue weighted by Gasteiger charge is 2.41. The SMILES string of the molecule is COc1ccc(-n2ccc(C(=O)NC(C)(CN)C3CC3)n2)cc1.Cl. The van der Waals surface area contributed by atoms with Crippen LogP contribution >= 0.6 is 12.4 Å². The number of hydrogen-bond donors (Lipinski definition) is 2. The minimum absolute atomic E-state index is 0. The maximum atomic E-state index is 12.4. The van der Waals surface area contributed by atoms with Crippen molar-refractivity contribution in [1.29, 1.82) is 0 Å². The second-order valence-corrected chi connectivity index (χ2v) is 6.19. The average molecular weight is 351 g/mol. The van der Waals surface area contributed by atoms with Crippen molar-refractivity contribution in [3.8, 4) is 11.4 Å². The van der Waals surface area contributed by atoms with Crippen LogP contribution in [0.2, 0.25) is 0 Å². The molecule has 0 radical (unpaired) electrons. The molecule has 7 heteroatoms. The summed E-state index contributed by atoms with van der Waals surface area (Å²) in [6.07, 6.45) is 4.01. The van der Waals surface area contributed by atoms with E-state index in [2.05, 4.69) is 10.4 Å². The number of carbonyl (C=O) groups is 1. The third kappa shape index (κ3) is 3.71. The van der Waals surface area contributed by atoms with Crippen molar-refractivity contribution >= 4 is 18.3 Å². The molecule has 1 unspecified atom stereocenters. The van der Waals surface area contributed by atoms with Crippen LogP contribution in [-0.4, -0.2) is 34.9 Å². The van der Waals surface area contributed by atoms with Gasteiger partial charge >= 0.3 is 0 Å². The van der Waals surface area contributed by atoms with Crippen LogP contribution in [0.5, 0.6) is 5.75 Å². The number of rotatable bonds is 6. The molecule has 130 valence electrons.